The predicted molar refractivity (Wildman–Crippen MR) is 105 cm³/mol. The quantitative estimate of drug-likeness (QED) is 0.656. The number of piperazine rings is 1. The van der Waals surface area contributed by atoms with E-state index in [9.17, 15) is 14.0 Å². The van der Waals surface area contributed by atoms with Crippen molar-refractivity contribution >= 4 is 11.5 Å². The molecule has 2 saturated heterocycles. The number of alkyl halides is 2. The van der Waals surface area contributed by atoms with Crippen molar-refractivity contribution in [1.29, 1.82) is 5.26 Å². The van der Waals surface area contributed by atoms with E-state index in [-0.39, 0.29) is 17.8 Å². The van der Waals surface area contributed by atoms with Crippen molar-refractivity contribution in [2.24, 2.45) is 7.05 Å². The highest BCUT2D eigenvalue weighted by Crippen LogP contribution is 2.38. The lowest BCUT2D eigenvalue weighted by Gasteiger charge is -2.36. The Balaban J connectivity index is 1.40. The third-order valence-corrected chi connectivity index (χ3v) is 5.69. The lowest BCUT2D eigenvalue weighted by atomic mass is 10.2. The summed E-state index contributed by atoms with van der Waals surface area (Å²) in [6, 6.07) is 5.65. The molecule has 2 aliphatic heterocycles. The van der Waals surface area contributed by atoms with Crippen LogP contribution in [-0.2, 0) is 7.05 Å². The van der Waals surface area contributed by atoms with Gasteiger partial charge in [-0.15, -0.1) is 0 Å². The molecule has 3 aromatic rings. The van der Waals surface area contributed by atoms with Crippen molar-refractivity contribution in [2.45, 2.75) is 24.9 Å². The SMILES string of the molecule is Cn1cc(-c2ncc(C#N)c(N3C[C@@H]4C[C@H]3CN4c3ccc(C(F)F)nc3)n2)cn1. The Bertz CT molecular complexity index is 1120. The lowest BCUT2D eigenvalue weighted by molar-refractivity contribution is 0.146. The second kappa shape index (κ2) is 7.02. The van der Waals surface area contributed by atoms with Gasteiger partial charge in [0.05, 0.1) is 35.9 Å². The van der Waals surface area contributed by atoms with Gasteiger partial charge in [-0.05, 0) is 18.6 Å². The lowest BCUT2D eigenvalue weighted by Crippen LogP contribution is -2.47. The molecule has 5 rings (SSSR count). The molecule has 0 spiro atoms. The molecule has 0 radical (unpaired) electrons. The minimum Gasteiger partial charge on any atom is -0.363 e. The zero-order chi connectivity index (χ0) is 20.8. The van der Waals surface area contributed by atoms with Crippen LogP contribution in [-0.4, -0.2) is 49.9 Å². The molecule has 2 atom stereocenters. The largest absolute Gasteiger partial charge is 0.363 e. The van der Waals surface area contributed by atoms with Crippen LogP contribution in [0.4, 0.5) is 20.3 Å². The molecule has 30 heavy (non-hydrogen) atoms. The van der Waals surface area contributed by atoms with E-state index in [1.807, 2.05) is 13.2 Å². The molecule has 3 aromatic heterocycles. The van der Waals surface area contributed by atoms with E-state index in [2.05, 4.69) is 35.9 Å². The minimum absolute atomic E-state index is 0.175. The summed E-state index contributed by atoms with van der Waals surface area (Å²) in [6.07, 6.45) is 4.94. The summed E-state index contributed by atoms with van der Waals surface area (Å²) in [7, 11) is 1.82. The van der Waals surface area contributed by atoms with E-state index in [1.165, 1.54) is 12.3 Å². The zero-order valence-corrected chi connectivity index (χ0v) is 16.2. The maximum Gasteiger partial charge on any atom is 0.280 e. The Hall–Kier alpha value is -3.61. The molecule has 8 nitrogen and oxygen atoms in total. The van der Waals surface area contributed by atoms with E-state index in [1.54, 1.807) is 23.1 Å². The van der Waals surface area contributed by atoms with Gasteiger partial charge in [-0.25, -0.2) is 18.7 Å². The summed E-state index contributed by atoms with van der Waals surface area (Å²) >= 11 is 0. The summed E-state index contributed by atoms with van der Waals surface area (Å²) in [5.41, 5.74) is 1.85. The molecule has 0 amide bonds. The normalized spacial score (nSPS) is 20.2. The van der Waals surface area contributed by atoms with Gasteiger partial charge >= 0.3 is 0 Å². The molecule has 2 fully saturated rings. The predicted octanol–water partition coefficient (Wildman–Crippen LogP) is 2.55. The van der Waals surface area contributed by atoms with E-state index in [4.69, 9.17) is 0 Å². The second-order valence-corrected chi connectivity index (χ2v) is 7.54. The van der Waals surface area contributed by atoms with Gasteiger partial charge in [0.25, 0.3) is 6.43 Å². The number of pyridine rings is 1. The van der Waals surface area contributed by atoms with Crippen LogP contribution in [0.25, 0.3) is 11.4 Å². The van der Waals surface area contributed by atoms with Crippen molar-refractivity contribution < 1.29 is 8.78 Å². The fourth-order valence-electron chi connectivity index (χ4n) is 4.29. The van der Waals surface area contributed by atoms with Crippen molar-refractivity contribution in [3.05, 3.63) is 48.2 Å². The third-order valence-electron chi connectivity index (χ3n) is 5.69. The van der Waals surface area contributed by atoms with Gasteiger partial charge in [-0.2, -0.15) is 10.4 Å². The van der Waals surface area contributed by atoms with E-state index >= 15 is 0 Å². The molecule has 0 N–H and O–H groups in total. The highest BCUT2D eigenvalue weighted by atomic mass is 19.3. The molecule has 0 saturated carbocycles. The maximum absolute atomic E-state index is 12.8. The molecule has 2 aliphatic rings. The Morgan fingerprint density at radius 3 is 2.50 bits per heavy atom. The molecule has 0 aromatic carbocycles. The number of aromatic nitrogens is 5. The number of nitriles is 1. The van der Waals surface area contributed by atoms with Gasteiger partial charge in [0.15, 0.2) is 11.6 Å². The van der Waals surface area contributed by atoms with E-state index < -0.39 is 6.43 Å². The van der Waals surface area contributed by atoms with Crippen LogP contribution >= 0.6 is 0 Å². The standard InChI is InChI=1S/C20H18F2N8/c1-28-9-13(7-26-28)19-25-6-12(5-23)20(27-19)30-11-15-4-16(30)10-29(15)14-2-3-17(18(21)22)24-8-14/h2-3,6-9,15-16,18H,4,10-11H2,1H3/t15-,16-/m0/s1. The van der Waals surface area contributed by atoms with Crippen molar-refractivity contribution in [1.82, 2.24) is 24.7 Å². The molecular formula is C20H18F2N8. The maximum atomic E-state index is 12.8. The molecule has 10 heteroatoms. The first-order valence-corrected chi connectivity index (χ1v) is 9.57. The van der Waals surface area contributed by atoms with Gasteiger partial charge < -0.3 is 9.80 Å². The number of rotatable bonds is 4. The number of halogens is 2. The molecule has 5 heterocycles. The van der Waals surface area contributed by atoms with Crippen molar-refractivity contribution in [3.8, 4) is 17.5 Å². The smallest absolute Gasteiger partial charge is 0.280 e. The van der Waals surface area contributed by atoms with E-state index in [0.29, 0.717) is 23.8 Å². The molecule has 2 bridgehead atoms. The fraction of sp³-hybridized carbons (Fsp3) is 0.350. The Kier molecular flexibility index (Phi) is 4.31. The highest BCUT2D eigenvalue weighted by Gasteiger charge is 2.44. The van der Waals surface area contributed by atoms with Crippen LogP contribution in [0.3, 0.4) is 0 Å². The minimum atomic E-state index is -2.57. The Labute approximate surface area is 171 Å². The highest BCUT2D eigenvalue weighted by molar-refractivity contribution is 5.63. The zero-order valence-electron chi connectivity index (χ0n) is 16.2. The first-order chi connectivity index (χ1) is 14.5. The number of nitrogens with zero attached hydrogens (tertiary/aromatic N) is 8. The third kappa shape index (κ3) is 3.03. The van der Waals surface area contributed by atoms with Gasteiger partial charge in [-0.3, -0.25) is 9.67 Å². The average Bonchev–Trinajstić information content (AvgIpc) is 3.49. The van der Waals surface area contributed by atoms with Gasteiger partial charge in [0, 0.05) is 32.4 Å². The Morgan fingerprint density at radius 1 is 1.10 bits per heavy atom. The molecule has 0 aliphatic carbocycles. The first-order valence-electron chi connectivity index (χ1n) is 9.57. The van der Waals surface area contributed by atoms with Crippen LogP contribution in [0.2, 0.25) is 0 Å². The van der Waals surface area contributed by atoms with Crippen molar-refractivity contribution in [2.75, 3.05) is 22.9 Å². The number of anilines is 2. The topological polar surface area (TPSA) is 86.8 Å². The summed E-state index contributed by atoms with van der Waals surface area (Å²) < 4.78 is 27.2. The van der Waals surface area contributed by atoms with Gasteiger partial charge in [0.1, 0.15) is 17.3 Å². The van der Waals surface area contributed by atoms with Gasteiger partial charge in [-0.1, -0.05) is 0 Å². The molecular weight excluding hydrogens is 390 g/mol. The fourth-order valence-corrected chi connectivity index (χ4v) is 4.29. The number of hydrogen-bond acceptors (Lipinski definition) is 7. The average molecular weight is 408 g/mol. The number of fused-ring (bicyclic) bond motifs is 2. The summed E-state index contributed by atoms with van der Waals surface area (Å²) in [5, 5.41) is 13.7. The summed E-state index contributed by atoms with van der Waals surface area (Å²) in [4.78, 5) is 17.2. The summed E-state index contributed by atoms with van der Waals surface area (Å²) in [6.45, 7) is 1.41. The summed E-state index contributed by atoms with van der Waals surface area (Å²) in [5.74, 6) is 1.16. The van der Waals surface area contributed by atoms with Crippen LogP contribution in [0, 0.1) is 11.3 Å². The van der Waals surface area contributed by atoms with E-state index in [0.717, 1.165) is 24.2 Å². The van der Waals surface area contributed by atoms with Crippen LogP contribution in [0.5, 0.6) is 0 Å². The molecule has 0 unspecified atom stereocenters. The number of aryl methyl sites for hydroxylation is 1. The van der Waals surface area contributed by atoms with Crippen molar-refractivity contribution in [3.63, 3.8) is 0 Å². The Morgan fingerprint density at radius 2 is 1.90 bits per heavy atom. The second-order valence-electron chi connectivity index (χ2n) is 7.54. The number of hydrogen-bond donors (Lipinski definition) is 0. The monoisotopic (exact) mass is 408 g/mol. The van der Waals surface area contributed by atoms with Crippen LogP contribution in [0.1, 0.15) is 24.1 Å². The first kappa shape index (κ1) is 18.4. The van der Waals surface area contributed by atoms with Crippen LogP contribution < -0.4 is 9.80 Å². The van der Waals surface area contributed by atoms with Crippen LogP contribution in [0.15, 0.2) is 36.9 Å². The van der Waals surface area contributed by atoms with Gasteiger partial charge in [0.2, 0.25) is 0 Å². The molecule has 152 valence electrons.